The van der Waals surface area contributed by atoms with Gasteiger partial charge in [-0.1, -0.05) is 12.1 Å². The molecular formula is C17H22N2O5S. The van der Waals surface area contributed by atoms with Gasteiger partial charge < -0.3 is 14.4 Å². The number of likely N-dealkylation sites (tertiary alicyclic amines) is 1. The van der Waals surface area contributed by atoms with Crippen molar-refractivity contribution in [1.82, 2.24) is 4.90 Å². The maximum atomic E-state index is 12.3. The van der Waals surface area contributed by atoms with Crippen LogP contribution in [0.3, 0.4) is 0 Å². The van der Waals surface area contributed by atoms with Crippen molar-refractivity contribution in [1.29, 1.82) is 0 Å². The van der Waals surface area contributed by atoms with E-state index >= 15 is 0 Å². The Labute approximate surface area is 147 Å². The van der Waals surface area contributed by atoms with Crippen molar-refractivity contribution in [3.8, 4) is 0 Å². The molecule has 136 valence electrons. The summed E-state index contributed by atoms with van der Waals surface area (Å²) < 4.78 is 38.9. The molecule has 1 aromatic carbocycles. The number of hydrogen-bond acceptors (Lipinski definition) is 5. The van der Waals surface area contributed by atoms with Crippen molar-refractivity contribution in [2.75, 3.05) is 13.2 Å². The summed E-state index contributed by atoms with van der Waals surface area (Å²) in [5.41, 5.74) is -0.0995. The molecule has 1 aromatic rings. The van der Waals surface area contributed by atoms with Gasteiger partial charge in [0.2, 0.25) is 5.90 Å². The number of nitrogens with zero attached hydrogens (tertiary/aromatic N) is 2. The molecule has 0 aromatic heterocycles. The lowest BCUT2D eigenvalue weighted by atomic mass is 10.2. The topological polar surface area (TPSA) is 85.3 Å². The van der Waals surface area contributed by atoms with Crippen LogP contribution in [0.25, 0.3) is 0 Å². The van der Waals surface area contributed by atoms with E-state index in [2.05, 4.69) is 4.40 Å². The number of benzene rings is 1. The first-order valence-corrected chi connectivity index (χ1v) is 9.68. The van der Waals surface area contributed by atoms with Gasteiger partial charge in [0.15, 0.2) is 0 Å². The molecule has 25 heavy (non-hydrogen) atoms. The Morgan fingerprint density at radius 3 is 2.76 bits per heavy atom. The lowest BCUT2D eigenvalue weighted by Crippen LogP contribution is -2.42. The second kappa shape index (κ2) is 6.33. The van der Waals surface area contributed by atoms with Gasteiger partial charge in [-0.05, 0) is 45.7 Å². The SMILES string of the molecule is CC(C)(C)OC(=O)N1CCCC1COC1=NS(=O)(=O)c2ccccc21. The van der Waals surface area contributed by atoms with Gasteiger partial charge in [-0.15, -0.1) is 4.40 Å². The average Bonchev–Trinajstić information content (AvgIpc) is 3.07. The Kier molecular flexibility index (Phi) is 4.49. The Morgan fingerprint density at radius 2 is 2.04 bits per heavy atom. The van der Waals surface area contributed by atoms with Crippen molar-refractivity contribution in [3.63, 3.8) is 0 Å². The van der Waals surface area contributed by atoms with Crippen molar-refractivity contribution in [3.05, 3.63) is 29.8 Å². The fourth-order valence-electron chi connectivity index (χ4n) is 2.92. The molecule has 8 heteroatoms. The van der Waals surface area contributed by atoms with Crippen molar-refractivity contribution in [2.24, 2.45) is 4.40 Å². The smallest absolute Gasteiger partial charge is 0.410 e. The van der Waals surface area contributed by atoms with Gasteiger partial charge in [0.1, 0.15) is 17.1 Å². The first-order valence-electron chi connectivity index (χ1n) is 8.24. The zero-order valence-corrected chi connectivity index (χ0v) is 15.4. The van der Waals surface area contributed by atoms with E-state index in [4.69, 9.17) is 9.47 Å². The normalized spacial score (nSPS) is 21.6. The largest absolute Gasteiger partial charge is 0.475 e. The molecule has 2 heterocycles. The highest BCUT2D eigenvalue weighted by molar-refractivity contribution is 7.90. The predicted molar refractivity (Wildman–Crippen MR) is 92.1 cm³/mol. The van der Waals surface area contributed by atoms with Crippen LogP contribution in [0.15, 0.2) is 33.6 Å². The minimum atomic E-state index is -3.70. The van der Waals surface area contributed by atoms with E-state index in [1.165, 1.54) is 6.07 Å². The highest BCUT2D eigenvalue weighted by atomic mass is 32.2. The molecule has 1 fully saturated rings. The minimum absolute atomic E-state index is 0.0895. The van der Waals surface area contributed by atoms with Gasteiger partial charge in [0.05, 0.1) is 11.6 Å². The first-order chi connectivity index (χ1) is 11.7. The lowest BCUT2D eigenvalue weighted by Gasteiger charge is -2.28. The van der Waals surface area contributed by atoms with Crippen LogP contribution < -0.4 is 0 Å². The molecule has 0 N–H and O–H groups in total. The third-order valence-corrected chi connectivity index (χ3v) is 5.33. The van der Waals surface area contributed by atoms with Gasteiger partial charge in [-0.3, -0.25) is 0 Å². The molecule has 3 rings (SSSR count). The Hall–Kier alpha value is -2.09. The zero-order valence-electron chi connectivity index (χ0n) is 14.6. The van der Waals surface area contributed by atoms with E-state index in [0.717, 1.165) is 12.8 Å². The number of hydrogen-bond donors (Lipinski definition) is 0. The van der Waals surface area contributed by atoms with Crippen LogP contribution in [0.5, 0.6) is 0 Å². The van der Waals surface area contributed by atoms with Crippen molar-refractivity contribution in [2.45, 2.75) is 50.2 Å². The molecule has 0 aliphatic carbocycles. The highest BCUT2D eigenvalue weighted by Gasteiger charge is 2.35. The fourth-order valence-corrected chi connectivity index (χ4v) is 4.08. The first kappa shape index (κ1) is 17.7. The predicted octanol–water partition coefficient (Wildman–Crippen LogP) is 2.55. The maximum Gasteiger partial charge on any atom is 0.410 e. The summed E-state index contributed by atoms with van der Waals surface area (Å²) in [7, 11) is -3.70. The Bertz CT molecular complexity index is 811. The highest BCUT2D eigenvalue weighted by Crippen LogP contribution is 2.27. The van der Waals surface area contributed by atoms with Crippen LogP contribution in [-0.2, 0) is 19.5 Å². The van der Waals surface area contributed by atoms with E-state index in [1.54, 1.807) is 23.1 Å². The summed E-state index contributed by atoms with van der Waals surface area (Å²) in [5, 5.41) is 0. The molecular weight excluding hydrogens is 344 g/mol. The summed E-state index contributed by atoms with van der Waals surface area (Å²) in [6, 6.07) is 6.40. The van der Waals surface area contributed by atoms with Crippen LogP contribution in [-0.4, -0.2) is 50.1 Å². The number of fused-ring (bicyclic) bond motifs is 1. The van der Waals surface area contributed by atoms with Crippen molar-refractivity contribution < 1.29 is 22.7 Å². The molecule has 2 aliphatic heterocycles. The number of carbonyl (C=O) groups is 1. The van der Waals surface area contributed by atoms with Gasteiger partial charge in [0, 0.05) is 6.54 Å². The molecule has 0 bridgehead atoms. The second-order valence-electron chi connectivity index (χ2n) is 7.15. The number of sulfonamides is 1. The molecule has 1 atom stereocenters. The van der Waals surface area contributed by atoms with E-state index in [9.17, 15) is 13.2 Å². The minimum Gasteiger partial charge on any atom is -0.475 e. The van der Waals surface area contributed by atoms with Crippen LogP contribution >= 0.6 is 0 Å². The molecule has 2 aliphatic rings. The fraction of sp³-hybridized carbons (Fsp3) is 0.529. The molecule has 0 saturated carbocycles. The Morgan fingerprint density at radius 1 is 1.32 bits per heavy atom. The quantitative estimate of drug-likeness (QED) is 0.803. The molecule has 1 saturated heterocycles. The molecule has 7 nitrogen and oxygen atoms in total. The lowest BCUT2D eigenvalue weighted by molar-refractivity contribution is 0.0183. The van der Waals surface area contributed by atoms with Crippen LogP contribution in [0, 0.1) is 0 Å². The van der Waals surface area contributed by atoms with Gasteiger partial charge in [-0.25, -0.2) is 4.79 Å². The monoisotopic (exact) mass is 366 g/mol. The number of ether oxygens (including phenoxy) is 2. The van der Waals surface area contributed by atoms with E-state index in [-0.39, 0.29) is 29.5 Å². The standard InChI is InChI=1S/C17H22N2O5S/c1-17(2,3)24-16(20)19-10-6-7-12(19)11-23-15-13-8-4-5-9-14(13)25(21,22)18-15/h4-5,8-9,12H,6-7,10-11H2,1-3H3. The van der Waals surface area contributed by atoms with Gasteiger partial charge >= 0.3 is 6.09 Å². The number of carbonyl (C=O) groups excluding carboxylic acids is 1. The number of amides is 1. The van der Waals surface area contributed by atoms with E-state index in [1.807, 2.05) is 20.8 Å². The van der Waals surface area contributed by atoms with Crippen LogP contribution in [0.1, 0.15) is 39.2 Å². The van der Waals surface area contributed by atoms with E-state index < -0.39 is 15.6 Å². The number of rotatable bonds is 2. The molecule has 1 unspecified atom stereocenters. The summed E-state index contributed by atoms with van der Waals surface area (Å²) >= 11 is 0. The molecule has 0 spiro atoms. The molecule has 0 radical (unpaired) electrons. The third-order valence-electron chi connectivity index (χ3n) is 4.02. The van der Waals surface area contributed by atoms with Crippen molar-refractivity contribution >= 4 is 22.0 Å². The zero-order chi connectivity index (χ0) is 18.2. The summed E-state index contributed by atoms with van der Waals surface area (Å²) in [4.78, 5) is 14.1. The van der Waals surface area contributed by atoms with Crippen LogP contribution in [0.4, 0.5) is 4.79 Å². The van der Waals surface area contributed by atoms with Gasteiger partial charge in [-0.2, -0.15) is 8.42 Å². The average molecular weight is 366 g/mol. The summed E-state index contributed by atoms with van der Waals surface area (Å²) in [6.07, 6.45) is 1.26. The molecule has 1 amide bonds. The van der Waals surface area contributed by atoms with Gasteiger partial charge in [0.25, 0.3) is 10.0 Å². The third kappa shape index (κ3) is 3.78. The second-order valence-corrected chi connectivity index (χ2v) is 8.72. The maximum absolute atomic E-state index is 12.3. The summed E-state index contributed by atoms with van der Waals surface area (Å²) in [5.74, 6) is 0.0895. The van der Waals surface area contributed by atoms with E-state index in [0.29, 0.717) is 12.1 Å². The summed E-state index contributed by atoms with van der Waals surface area (Å²) in [6.45, 7) is 6.25. The van der Waals surface area contributed by atoms with Crippen LogP contribution in [0.2, 0.25) is 0 Å². The Balaban J connectivity index is 1.69.